The van der Waals surface area contributed by atoms with Crippen LogP contribution in [0.15, 0.2) is 0 Å². The van der Waals surface area contributed by atoms with Crippen LogP contribution in [0.3, 0.4) is 0 Å². The van der Waals surface area contributed by atoms with Gasteiger partial charge in [0.05, 0.1) is 12.5 Å². The summed E-state index contributed by atoms with van der Waals surface area (Å²) >= 11 is 7.85. The van der Waals surface area contributed by atoms with Crippen LogP contribution in [-0.4, -0.2) is 36.9 Å². The van der Waals surface area contributed by atoms with Crippen LogP contribution in [0.5, 0.6) is 0 Å². The highest BCUT2D eigenvalue weighted by molar-refractivity contribution is 8.47. The molecule has 0 radical (unpaired) electrons. The Labute approximate surface area is 142 Å². The highest BCUT2D eigenvalue weighted by Gasteiger charge is 2.34. The molecule has 120 valence electrons. The van der Waals surface area contributed by atoms with Gasteiger partial charge in [-0.05, 0) is 19.1 Å². The van der Waals surface area contributed by atoms with Crippen LogP contribution in [0, 0.1) is 11.3 Å². The van der Waals surface area contributed by atoms with E-state index >= 15 is 0 Å². The van der Waals surface area contributed by atoms with Crippen LogP contribution in [0.2, 0.25) is 0 Å². The molecule has 1 atom stereocenters. The summed E-state index contributed by atoms with van der Waals surface area (Å²) in [5.74, 6) is -0.929. The fourth-order valence-corrected chi connectivity index (χ4v) is 4.51. The van der Waals surface area contributed by atoms with Crippen LogP contribution in [-0.2, 0) is 19.2 Å². The molecule has 0 N–H and O–H groups in total. The van der Waals surface area contributed by atoms with E-state index in [0.29, 0.717) is 8.59 Å². The Morgan fingerprint density at radius 3 is 2.55 bits per heavy atom. The van der Waals surface area contributed by atoms with E-state index < -0.39 is 22.5 Å². The zero-order valence-corrected chi connectivity index (χ0v) is 14.7. The smallest absolute Gasteiger partial charge is 0.330 e. The van der Waals surface area contributed by atoms with Crippen molar-refractivity contribution in [1.82, 2.24) is 5.06 Å². The van der Waals surface area contributed by atoms with E-state index in [1.807, 2.05) is 6.92 Å². The third-order valence-corrected chi connectivity index (χ3v) is 5.46. The fraction of sp³-hybridized carbons (Fsp3) is 0.615. The third-order valence-electron chi connectivity index (χ3n) is 2.81. The Balaban J connectivity index is 2.50. The monoisotopic (exact) mass is 360 g/mol. The van der Waals surface area contributed by atoms with Gasteiger partial charge in [0.15, 0.2) is 0 Å². The first-order valence-electron chi connectivity index (χ1n) is 6.65. The van der Waals surface area contributed by atoms with Gasteiger partial charge in [0, 0.05) is 12.8 Å². The van der Waals surface area contributed by atoms with Crippen LogP contribution in [0.4, 0.5) is 0 Å². The number of thioether (sulfide) groups is 2. The summed E-state index contributed by atoms with van der Waals surface area (Å²) in [6.45, 7) is 3.66. The number of hydroxylamine groups is 2. The Morgan fingerprint density at radius 1 is 1.45 bits per heavy atom. The van der Waals surface area contributed by atoms with E-state index in [1.165, 1.54) is 23.5 Å². The second-order valence-electron chi connectivity index (χ2n) is 4.67. The predicted octanol–water partition coefficient (Wildman–Crippen LogP) is 2.43. The molecule has 0 saturated carbocycles. The van der Waals surface area contributed by atoms with Crippen molar-refractivity contribution in [1.29, 1.82) is 5.26 Å². The zero-order chi connectivity index (χ0) is 16.8. The number of carbonyl (C=O) groups excluding carboxylic acids is 3. The molecule has 6 nitrogen and oxygen atoms in total. The summed E-state index contributed by atoms with van der Waals surface area (Å²) in [6.07, 6.45) is 0.252. The van der Waals surface area contributed by atoms with Gasteiger partial charge in [-0.1, -0.05) is 30.9 Å². The Hall–Kier alpha value is -1.11. The summed E-state index contributed by atoms with van der Waals surface area (Å²) < 4.78 is -0.207. The van der Waals surface area contributed by atoms with Crippen LogP contribution < -0.4 is 0 Å². The van der Waals surface area contributed by atoms with Gasteiger partial charge in [-0.3, -0.25) is 9.59 Å². The first-order chi connectivity index (χ1) is 10.3. The van der Waals surface area contributed by atoms with Gasteiger partial charge in [-0.25, -0.2) is 4.79 Å². The molecule has 1 saturated heterocycles. The van der Waals surface area contributed by atoms with E-state index in [2.05, 4.69) is 6.07 Å². The highest BCUT2D eigenvalue weighted by atomic mass is 32.2. The largest absolute Gasteiger partial charge is 0.333 e. The molecule has 22 heavy (non-hydrogen) atoms. The molecule has 1 rings (SSSR count). The van der Waals surface area contributed by atoms with Crippen molar-refractivity contribution in [3.8, 4) is 6.07 Å². The maximum Gasteiger partial charge on any atom is 0.333 e. The zero-order valence-electron chi connectivity index (χ0n) is 12.3. The van der Waals surface area contributed by atoms with E-state index in [0.717, 1.165) is 5.75 Å². The third kappa shape index (κ3) is 5.59. The molecule has 0 bridgehead atoms. The minimum absolute atomic E-state index is 0.0559. The predicted molar refractivity (Wildman–Crippen MR) is 88.8 cm³/mol. The van der Waals surface area contributed by atoms with Gasteiger partial charge in [0.2, 0.25) is 0 Å². The minimum atomic E-state index is -0.850. The molecule has 2 amide bonds. The number of hydrogen-bond acceptors (Lipinski definition) is 8. The molecule has 0 aliphatic carbocycles. The lowest BCUT2D eigenvalue weighted by molar-refractivity contribution is -0.197. The summed E-state index contributed by atoms with van der Waals surface area (Å²) in [7, 11) is 0. The number of rotatable bonds is 6. The molecule has 1 fully saturated rings. The minimum Gasteiger partial charge on any atom is -0.330 e. The van der Waals surface area contributed by atoms with Gasteiger partial charge in [-0.15, -0.1) is 16.8 Å². The van der Waals surface area contributed by atoms with E-state index in [4.69, 9.17) is 17.1 Å². The maximum atomic E-state index is 11.7. The number of imide groups is 1. The molecule has 0 aromatic carbocycles. The lowest BCUT2D eigenvalue weighted by Crippen LogP contribution is -2.32. The number of nitrogens with zero attached hydrogens (tertiary/aromatic N) is 2. The standard InChI is InChI=1S/C13H16N2O4S3/c1-3-21-12(20)22-13(2,8-14)7-6-11(18)19-15-9(16)4-5-10(15)17/h3-7H2,1-2H3. The topological polar surface area (TPSA) is 87.5 Å². The second-order valence-corrected chi connectivity index (χ2v) is 8.64. The van der Waals surface area contributed by atoms with Crippen molar-refractivity contribution < 1.29 is 19.2 Å². The number of nitriles is 1. The quantitative estimate of drug-likeness (QED) is 0.527. The first-order valence-corrected chi connectivity index (χ1v) is 8.86. The summed E-state index contributed by atoms with van der Waals surface area (Å²) in [5.41, 5.74) is 0. The molecular weight excluding hydrogens is 344 g/mol. The molecule has 1 unspecified atom stereocenters. The van der Waals surface area contributed by atoms with E-state index in [9.17, 15) is 19.6 Å². The average molecular weight is 360 g/mol. The van der Waals surface area contributed by atoms with Crippen molar-refractivity contribution in [3.05, 3.63) is 0 Å². The second kappa shape index (κ2) is 8.50. The summed E-state index contributed by atoms with van der Waals surface area (Å²) in [5, 5.41) is 9.78. The van der Waals surface area contributed by atoms with Crippen molar-refractivity contribution in [3.63, 3.8) is 0 Å². The van der Waals surface area contributed by atoms with Gasteiger partial charge in [-0.2, -0.15) is 5.26 Å². The lowest BCUT2D eigenvalue weighted by atomic mass is 10.1. The molecular formula is C13H16N2O4S3. The Bertz CT molecular complexity index is 516. The summed E-state index contributed by atoms with van der Waals surface area (Å²) in [4.78, 5) is 39.2. The fourth-order valence-electron chi connectivity index (χ4n) is 1.61. The van der Waals surface area contributed by atoms with Gasteiger partial charge in [0.1, 0.15) is 8.28 Å². The number of amides is 2. The van der Waals surface area contributed by atoms with Gasteiger partial charge >= 0.3 is 5.97 Å². The van der Waals surface area contributed by atoms with Crippen LogP contribution in [0.25, 0.3) is 0 Å². The maximum absolute atomic E-state index is 11.7. The van der Waals surface area contributed by atoms with Crippen molar-refractivity contribution >= 4 is 57.1 Å². The molecule has 1 aliphatic rings. The molecule has 0 aromatic heterocycles. The lowest BCUT2D eigenvalue weighted by Gasteiger charge is -2.20. The molecule has 0 aromatic rings. The van der Waals surface area contributed by atoms with Crippen molar-refractivity contribution in [2.24, 2.45) is 0 Å². The van der Waals surface area contributed by atoms with Crippen LogP contribution in [0.1, 0.15) is 39.5 Å². The first kappa shape index (κ1) is 18.9. The Kier molecular flexibility index (Phi) is 7.32. The summed E-state index contributed by atoms with van der Waals surface area (Å²) in [6, 6.07) is 2.14. The molecule has 0 spiro atoms. The van der Waals surface area contributed by atoms with Crippen molar-refractivity contribution in [2.45, 2.75) is 44.3 Å². The average Bonchev–Trinajstić information content (AvgIpc) is 2.77. The number of carbonyl (C=O) groups is 3. The Morgan fingerprint density at radius 2 is 2.05 bits per heavy atom. The number of hydrogen-bond donors (Lipinski definition) is 0. The van der Waals surface area contributed by atoms with E-state index in [1.54, 1.807) is 6.92 Å². The van der Waals surface area contributed by atoms with Crippen molar-refractivity contribution in [2.75, 3.05) is 5.75 Å². The molecule has 9 heteroatoms. The van der Waals surface area contributed by atoms with Gasteiger partial charge in [0.25, 0.3) is 11.8 Å². The molecule has 1 heterocycles. The van der Waals surface area contributed by atoms with E-state index in [-0.39, 0.29) is 25.7 Å². The normalized spacial score (nSPS) is 17.0. The SMILES string of the molecule is CCSC(=S)SC(C)(C#N)CCC(=O)ON1C(=O)CCC1=O. The van der Waals surface area contributed by atoms with Gasteiger partial charge < -0.3 is 4.84 Å². The van der Waals surface area contributed by atoms with Crippen LogP contribution >= 0.6 is 35.7 Å². The highest BCUT2D eigenvalue weighted by Crippen LogP contribution is 2.34. The molecule has 1 aliphatic heterocycles. The number of thiocarbonyl (C=S) groups is 1.